The van der Waals surface area contributed by atoms with Crippen LogP contribution in [0.1, 0.15) is 20.4 Å². The van der Waals surface area contributed by atoms with E-state index < -0.39 is 0 Å². The molecule has 0 saturated carbocycles. The highest BCUT2D eigenvalue weighted by atomic mass is 79.9. The lowest BCUT2D eigenvalue weighted by Crippen LogP contribution is -2.25. The van der Waals surface area contributed by atoms with E-state index in [1.54, 1.807) is 23.3 Å². The molecule has 2 heterocycles. The molecule has 3 nitrogen and oxygen atoms in total. The van der Waals surface area contributed by atoms with E-state index in [2.05, 4.69) is 20.9 Å². The van der Waals surface area contributed by atoms with Gasteiger partial charge in [-0.1, -0.05) is 0 Å². The van der Waals surface area contributed by atoms with Crippen LogP contribution in [0.25, 0.3) is 0 Å². The predicted molar refractivity (Wildman–Crippen MR) is 74.7 cm³/mol. The van der Waals surface area contributed by atoms with Crippen molar-refractivity contribution in [1.82, 2.24) is 9.88 Å². The Morgan fingerprint density at radius 2 is 2.29 bits per heavy atom. The molecule has 0 spiro atoms. The summed E-state index contributed by atoms with van der Waals surface area (Å²) in [7, 11) is 1.79. The maximum atomic E-state index is 12.1. The molecule has 2 aromatic heterocycles. The van der Waals surface area contributed by atoms with Crippen LogP contribution in [0.3, 0.4) is 0 Å². The smallest absolute Gasteiger partial charge is 0.265 e. The molecular weight excluding hydrogens is 320 g/mol. The molecule has 6 heteroatoms. The fraction of sp³-hybridized carbons (Fsp3) is 0.273. The fourth-order valence-electron chi connectivity index (χ4n) is 1.42. The standard InChI is InChI=1S/C11H11BrN2OS2/c1-7-13-8(6-17-7)5-14(2)11(15)10-9(12)3-4-16-10/h3-4,6H,5H2,1-2H3. The first-order chi connectivity index (χ1) is 8.08. The number of thiazole rings is 1. The molecule has 90 valence electrons. The number of aromatic nitrogens is 1. The Labute approximate surface area is 116 Å². The molecule has 2 rings (SSSR count). The van der Waals surface area contributed by atoms with E-state index in [0.717, 1.165) is 20.1 Å². The molecular formula is C11H11BrN2OS2. The molecule has 0 atom stereocenters. The largest absolute Gasteiger partial charge is 0.335 e. The number of halogens is 1. The molecule has 0 bridgehead atoms. The van der Waals surface area contributed by atoms with Crippen molar-refractivity contribution in [2.24, 2.45) is 0 Å². The van der Waals surface area contributed by atoms with Crippen LogP contribution in [-0.4, -0.2) is 22.8 Å². The van der Waals surface area contributed by atoms with E-state index in [0.29, 0.717) is 6.54 Å². The minimum Gasteiger partial charge on any atom is -0.335 e. The first-order valence-corrected chi connectivity index (χ1v) is 7.52. The first kappa shape index (κ1) is 12.7. The summed E-state index contributed by atoms with van der Waals surface area (Å²) in [5, 5.41) is 4.92. The van der Waals surface area contributed by atoms with Crippen LogP contribution in [-0.2, 0) is 6.54 Å². The van der Waals surface area contributed by atoms with Gasteiger partial charge in [-0.25, -0.2) is 4.98 Å². The third-order valence-electron chi connectivity index (χ3n) is 2.22. The minimum atomic E-state index is 0.0255. The molecule has 0 aliphatic carbocycles. The van der Waals surface area contributed by atoms with E-state index in [1.165, 1.54) is 11.3 Å². The number of carbonyl (C=O) groups is 1. The van der Waals surface area contributed by atoms with Crippen molar-refractivity contribution in [3.8, 4) is 0 Å². The average molecular weight is 331 g/mol. The van der Waals surface area contributed by atoms with E-state index in [4.69, 9.17) is 0 Å². The normalized spacial score (nSPS) is 10.5. The zero-order chi connectivity index (χ0) is 12.4. The van der Waals surface area contributed by atoms with Crippen molar-refractivity contribution in [1.29, 1.82) is 0 Å². The van der Waals surface area contributed by atoms with Crippen LogP contribution in [0, 0.1) is 6.92 Å². The van der Waals surface area contributed by atoms with E-state index in [9.17, 15) is 4.79 Å². The van der Waals surface area contributed by atoms with Gasteiger partial charge >= 0.3 is 0 Å². The average Bonchev–Trinajstić information content (AvgIpc) is 2.86. The van der Waals surface area contributed by atoms with Gasteiger partial charge in [-0.2, -0.15) is 0 Å². The lowest BCUT2D eigenvalue weighted by molar-refractivity contribution is 0.0787. The van der Waals surface area contributed by atoms with E-state index >= 15 is 0 Å². The predicted octanol–water partition coefficient (Wildman–Crippen LogP) is 3.55. The number of aryl methyl sites for hydroxylation is 1. The Morgan fingerprint density at radius 3 is 2.82 bits per heavy atom. The van der Waals surface area contributed by atoms with Gasteiger partial charge in [-0.05, 0) is 34.3 Å². The topological polar surface area (TPSA) is 33.2 Å². The summed E-state index contributed by atoms with van der Waals surface area (Å²) in [5.41, 5.74) is 0.941. The van der Waals surface area contributed by atoms with Gasteiger partial charge in [-0.3, -0.25) is 4.79 Å². The Hall–Kier alpha value is -0.720. The fourth-order valence-corrected chi connectivity index (χ4v) is 3.55. The molecule has 0 N–H and O–H groups in total. The molecule has 2 aromatic rings. The van der Waals surface area contributed by atoms with Gasteiger partial charge < -0.3 is 4.90 Å². The zero-order valence-corrected chi connectivity index (χ0v) is 12.7. The Balaban J connectivity index is 2.08. The monoisotopic (exact) mass is 330 g/mol. The van der Waals surface area contributed by atoms with Crippen LogP contribution in [0.15, 0.2) is 21.3 Å². The van der Waals surface area contributed by atoms with E-state index in [1.807, 2.05) is 23.8 Å². The SMILES string of the molecule is Cc1nc(CN(C)C(=O)c2sccc2Br)cs1. The molecule has 0 saturated heterocycles. The highest BCUT2D eigenvalue weighted by molar-refractivity contribution is 9.10. The summed E-state index contributed by atoms with van der Waals surface area (Å²) in [4.78, 5) is 18.9. The third kappa shape index (κ3) is 2.94. The number of hydrogen-bond donors (Lipinski definition) is 0. The second-order valence-electron chi connectivity index (χ2n) is 3.62. The van der Waals surface area contributed by atoms with Crippen molar-refractivity contribution in [3.05, 3.63) is 36.9 Å². The summed E-state index contributed by atoms with van der Waals surface area (Å²) in [6.07, 6.45) is 0. The molecule has 1 amide bonds. The summed E-state index contributed by atoms with van der Waals surface area (Å²) in [6, 6.07) is 1.89. The summed E-state index contributed by atoms with van der Waals surface area (Å²) >= 11 is 6.42. The highest BCUT2D eigenvalue weighted by Crippen LogP contribution is 2.24. The lowest BCUT2D eigenvalue weighted by Gasteiger charge is -2.15. The van der Waals surface area contributed by atoms with Crippen LogP contribution in [0.5, 0.6) is 0 Å². The second-order valence-corrected chi connectivity index (χ2v) is 6.45. The molecule has 0 aliphatic heterocycles. The van der Waals surface area contributed by atoms with Crippen molar-refractivity contribution >= 4 is 44.5 Å². The Kier molecular flexibility index (Phi) is 3.96. The highest BCUT2D eigenvalue weighted by Gasteiger charge is 2.17. The van der Waals surface area contributed by atoms with E-state index in [-0.39, 0.29) is 5.91 Å². The molecule has 0 aromatic carbocycles. The van der Waals surface area contributed by atoms with Crippen molar-refractivity contribution in [2.75, 3.05) is 7.05 Å². The Bertz CT molecular complexity index is 535. The quantitative estimate of drug-likeness (QED) is 0.862. The van der Waals surface area contributed by atoms with Crippen molar-refractivity contribution in [2.45, 2.75) is 13.5 Å². The van der Waals surface area contributed by atoms with Crippen LogP contribution in [0.4, 0.5) is 0 Å². The van der Waals surface area contributed by atoms with Crippen LogP contribution >= 0.6 is 38.6 Å². The number of rotatable bonds is 3. The molecule has 0 radical (unpaired) electrons. The first-order valence-electron chi connectivity index (χ1n) is 4.97. The van der Waals surface area contributed by atoms with Crippen LogP contribution < -0.4 is 0 Å². The maximum Gasteiger partial charge on any atom is 0.265 e. The summed E-state index contributed by atoms with van der Waals surface area (Å²) in [5.74, 6) is 0.0255. The number of hydrogen-bond acceptors (Lipinski definition) is 4. The van der Waals surface area contributed by atoms with Gasteiger partial charge in [0.2, 0.25) is 0 Å². The summed E-state index contributed by atoms with van der Waals surface area (Å²) < 4.78 is 0.855. The van der Waals surface area contributed by atoms with Crippen LogP contribution in [0.2, 0.25) is 0 Å². The van der Waals surface area contributed by atoms with Gasteiger partial charge in [0, 0.05) is 16.9 Å². The lowest BCUT2D eigenvalue weighted by atomic mass is 10.4. The molecule has 0 unspecified atom stereocenters. The second kappa shape index (κ2) is 5.29. The zero-order valence-electron chi connectivity index (χ0n) is 9.44. The van der Waals surface area contributed by atoms with Gasteiger partial charge in [-0.15, -0.1) is 22.7 Å². The van der Waals surface area contributed by atoms with Crippen molar-refractivity contribution in [3.63, 3.8) is 0 Å². The third-order valence-corrected chi connectivity index (χ3v) is 4.87. The molecule has 0 aliphatic rings. The maximum absolute atomic E-state index is 12.1. The number of thiophene rings is 1. The van der Waals surface area contributed by atoms with Crippen molar-refractivity contribution < 1.29 is 4.79 Å². The van der Waals surface area contributed by atoms with Gasteiger partial charge in [0.1, 0.15) is 4.88 Å². The number of nitrogens with zero attached hydrogens (tertiary/aromatic N) is 2. The van der Waals surface area contributed by atoms with Gasteiger partial charge in [0.15, 0.2) is 0 Å². The number of carbonyl (C=O) groups excluding carboxylic acids is 1. The molecule has 0 fully saturated rings. The van der Waals surface area contributed by atoms with Gasteiger partial charge in [0.05, 0.1) is 17.2 Å². The number of amides is 1. The summed E-state index contributed by atoms with van der Waals surface area (Å²) in [6.45, 7) is 2.51. The Morgan fingerprint density at radius 1 is 1.53 bits per heavy atom. The van der Waals surface area contributed by atoms with Gasteiger partial charge in [0.25, 0.3) is 5.91 Å². The molecule has 17 heavy (non-hydrogen) atoms. The minimum absolute atomic E-state index is 0.0255.